The highest BCUT2D eigenvalue weighted by Crippen LogP contribution is 2.34. The summed E-state index contributed by atoms with van der Waals surface area (Å²) in [6, 6.07) is 7.35. The van der Waals surface area contributed by atoms with E-state index in [0.717, 1.165) is 60.0 Å². The van der Waals surface area contributed by atoms with Crippen LogP contribution in [0.2, 0.25) is 0 Å². The Kier molecular flexibility index (Phi) is 8.36. The van der Waals surface area contributed by atoms with Gasteiger partial charge in [-0.3, -0.25) is 10.0 Å². The minimum Gasteiger partial charge on any atom is -0.477 e. The van der Waals surface area contributed by atoms with Gasteiger partial charge >= 0.3 is 5.97 Å². The summed E-state index contributed by atoms with van der Waals surface area (Å²) in [5.41, 5.74) is 3.02. The number of aromatic carboxylic acids is 1. The van der Waals surface area contributed by atoms with Gasteiger partial charge in [0, 0.05) is 30.9 Å². The van der Waals surface area contributed by atoms with Crippen molar-refractivity contribution in [3.63, 3.8) is 0 Å². The number of aryl methyl sites for hydroxylation is 1. The largest absolute Gasteiger partial charge is 0.477 e. The first-order valence-electron chi connectivity index (χ1n) is 12.5. The number of carboxylic acid groups (broad SMARTS) is 1. The molecule has 1 aliphatic heterocycles. The van der Waals surface area contributed by atoms with Gasteiger partial charge in [0.15, 0.2) is 5.13 Å². The van der Waals surface area contributed by atoms with Crippen LogP contribution in [0.5, 0.6) is 0 Å². The number of hydrogen-bond acceptors (Lipinski definition) is 10. The van der Waals surface area contributed by atoms with E-state index in [1.807, 2.05) is 12.1 Å². The quantitative estimate of drug-likeness (QED) is 0.265. The third kappa shape index (κ3) is 6.70. The molecule has 1 aromatic carbocycles. The molecule has 0 atom stereocenters. The molecule has 0 spiro atoms. The molecule has 4 N–H and O–H groups in total. The van der Waals surface area contributed by atoms with E-state index in [9.17, 15) is 18.3 Å². The highest BCUT2D eigenvalue weighted by atomic mass is 32.2. The van der Waals surface area contributed by atoms with Crippen LogP contribution in [0, 0.1) is 12.8 Å². The fraction of sp³-hybridized carbons (Fsp3) is 0.440. The molecule has 0 bridgehead atoms. The lowest BCUT2D eigenvalue weighted by atomic mass is 10.0. The van der Waals surface area contributed by atoms with E-state index in [0.29, 0.717) is 34.9 Å². The summed E-state index contributed by atoms with van der Waals surface area (Å²) >= 11 is 1.05. The summed E-state index contributed by atoms with van der Waals surface area (Å²) in [7, 11) is -3.33. The lowest BCUT2D eigenvalue weighted by molar-refractivity contribution is 0.0701. The Hall–Kier alpha value is -3.45. The second-order valence-electron chi connectivity index (χ2n) is 9.56. The maximum absolute atomic E-state index is 11.9. The van der Waals surface area contributed by atoms with Gasteiger partial charge in [0.05, 0.1) is 11.4 Å². The van der Waals surface area contributed by atoms with E-state index in [1.54, 1.807) is 26.0 Å². The monoisotopic (exact) mass is 559 g/mol. The lowest BCUT2D eigenvalue weighted by Gasteiger charge is -2.31. The van der Waals surface area contributed by atoms with Crippen molar-refractivity contribution in [2.45, 2.75) is 47.1 Å². The molecule has 11 nitrogen and oxygen atoms in total. The Balaban J connectivity index is 1.62. The van der Waals surface area contributed by atoms with Crippen molar-refractivity contribution in [1.82, 2.24) is 15.0 Å². The van der Waals surface area contributed by atoms with Gasteiger partial charge in [-0.1, -0.05) is 37.3 Å². The molecular formula is C25H33N7O4S2. The maximum atomic E-state index is 11.9. The Morgan fingerprint density at radius 2 is 1.92 bits per heavy atom. The SMILES string of the molecule is CCS(=O)(=O)Nc1ccc(CN2CCCc3c(NCC(C)C)nc(Nc4nc(C)c(C(=O)O)s4)nc32)cc1. The summed E-state index contributed by atoms with van der Waals surface area (Å²) in [5.74, 6) is 1.32. The standard InChI is InChI=1S/C25H33N7O4S2/c1-5-38(35,36)31-18-10-8-17(9-11-18)14-32-12-6-7-19-21(26-13-15(2)3)28-24(29-22(19)32)30-25-27-16(4)20(37-25)23(33)34/h8-11,15,31H,5-7,12-14H2,1-4H3,(H,33,34)(H2,26,27,28,29,30). The summed E-state index contributed by atoms with van der Waals surface area (Å²) in [4.78, 5) is 27.7. The zero-order chi connectivity index (χ0) is 27.4. The fourth-order valence-corrected chi connectivity index (χ4v) is 5.51. The van der Waals surface area contributed by atoms with Gasteiger partial charge in [-0.15, -0.1) is 0 Å². The Morgan fingerprint density at radius 1 is 1.18 bits per heavy atom. The summed E-state index contributed by atoms with van der Waals surface area (Å²) in [6.45, 7) is 9.65. The minimum absolute atomic E-state index is 0.0146. The van der Waals surface area contributed by atoms with Crippen molar-refractivity contribution in [2.24, 2.45) is 5.92 Å². The Morgan fingerprint density at radius 3 is 2.55 bits per heavy atom. The van der Waals surface area contributed by atoms with Gasteiger partial charge < -0.3 is 15.3 Å². The number of anilines is 5. The number of carbonyl (C=O) groups is 1. The first-order valence-corrected chi connectivity index (χ1v) is 15.0. The molecule has 4 rings (SSSR count). The second-order valence-corrected chi connectivity index (χ2v) is 12.6. The number of carboxylic acids is 1. The number of hydrogen-bond donors (Lipinski definition) is 4. The molecule has 3 aromatic rings. The predicted molar refractivity (Wildman–Crippen MR) is 151 cm³/mol. The van der Waals surface area contributed by atoms with Crippen LogP contribution in [0.4, 0.5) is 28.4 Å². The number of benzene rings is 1. The lowest BCUT2D eigenvalue weighted by Crippen LogP contribution is -2.31. The van der Waals surface area contributed by atoms with Gasteiger partial charge in [0.25, 0.3) is 0 Å². The molecule has 2 aromatic heterocycles. The van der Waals surface area contributed by atoms with E-state index >= 15 is 0 Å². The van der Waals surface area contributed by atoms with E-state index < -0.39 is 16.0 Å². The van der Waals surface area contributed by atoms with Crippen LogP contribution in [0.15, 0.2) is 24.3 Å². The normalized spacial score (nSPS) is 13.3. The maximum Gasteiger partial charge on any atom is 0.347 e. The summed E-state index contributed by atoms with van der Waals surface area (Å²) in [6.07, 6.45) is 1.78. The molecule has 0 unspecified atom stereocenters. The second kappa shape index (κ2) is 11.5. The smallest absolute Gasteiger partial charge is 0.347 e. The predicted octanol–water partition coefficient (Wildman–Crippen LogP) is 4.47. The van der Waals surface area contributed by atoms with Crippen molar-refractivity contribution in [1.29, 1.82) is 0 Å². The average molecular weight is 560 g/mol. The van der Waals surface area contributed by atoms with Crippen molar-refractivity contribution in [2.75, 3.05) is 39.1 Å². The van der Waals surface area contributed by atoms with E-state index in [1.165, 1.54) is 0 Å². The zero-order valence-corrected chi connectivity index (χ0v) is 23.5. The van der Waals surface area contributed by atoms with Crippen LogP contribution in [-0.4, -0.2) is 53.3 Å². The van der Waals surface area contributed by atoms with Gasteiger partial charge in [-0.05, 0) is 50.3 Å². The van der Waals surface area contributed by atoms with Crippen molar-refractivity contribution in [3.8, 4) is 0 Å². The van der Waals surface area contributed by atoms with Crippen LogP contribution in [-0.2, 0) is 23.0 Å². The highest BCUT2D eigenvalue weighted by molar-refractivity contribution is 7.92. The number of rotatable bonds is 11. The molecule has 204 valence electrons. The molecule has 0 saturated carbocycles. The third-order valence-corrected chi connectivity index (χ3v) is 8.38. The molecule has 1 aliphatic rings. The topological polar surface area (TPSA) is 149 Å². The van der Waals surface area contributed by atoms with Crippen LogP contribution in [0.25, 0.3) is 0 Å². The minimum atomic E-state index is -3.33. The van der Waals surface area contributed by atoms with Gasteiger partial charge in [-0.2, -0.15) is 9.97 Å². The number of sulfonamides is 1. The number of nitrogens with zero attached hydrogens (tertiary/aromatic N) is 4. The highest BCUT2D eigenvalue weighted by Gasteiger charge is 2.25. The first-order chi connectivity index (χ1) is 18.0. The van der Waals surface area contributed by atoms with Crippen LogP contribution in [0.3, 0.4) is 0 Å². The van der Waals surface area contributed by atoms with E-state index in [-0.39, 0.29) is 10.6 Å². The van der Waals surface area contributed by atoms with Crippen molar-refractivity contribution < 1.29 is 18.3 Å². The molecule has 0 fully saturated rings. The van der Waals surface area contributed by atoms with E-state index in [2.05, 4.69) is 39.1 Å². The molecule has 0 amide bonds. The molecule has 0 radical (unpaired) electrons. The van der Waals surface area contributed by atoms with Crippen LogP contribution < -0.4 is 20.3 Å². The molecule has 13 heteroatoms. The van der Waals surface area contributed by atoms with E-state index in [4.69, 9.17) is 9.97 Å². The Bertz CT molecular complexity index is 1410. The van der Waals surface area contributed by atoms with Crippen LogP contribution >= 0.6 is 11.3 Å². The fourth-order valence-electron chi connectivity index (χ4n) is 4.07. The first kappa shape index (κ1) is 27.6. The number of nitrogens with one attached hydrogen (secondary N) is 3. The van der Waals surface area contributed by atoms with Crippen molar-refractivity contribution >= 4 is 55.7 Å². The summed E-state index contributed by atoms with van der Waals surface area (Å²) < 4.78 is 26.3. The zero-order valence-electron chi connectivity index (χ0n) is 21.9. The van der Waals surface area contributed by atoms with Crippen molar-refractivity contribution in [3.05, 3.63) is 46.0 Å². The Labute approximate surface area is 226 Å². The molecule has 0 saturated heterocycles. The summed E-state index contributed by atoms with van der Waals surface area (Å²) in [5, 5.41) is 16.4. The molecule has 3 heterocycles. The number of thiazole rings is 1. The van der Waals surface area contributed by atoms with Gasteiger partial charge in [-0.25, -0.2) is 18.2 Å². The number of aromatic nitrogens is 3. The molecular weight excluding hydrogens is 526 g/mol. The molecule has 38 heavy (non-hydrogen) atoms. The van der Waals surface area contributed by atoms with Gasteiger partial charge in [0.2, 0.25) is 16.0 Å². The van der Waals surface area contributed by atoms with Crippen LogP contribution in [0.1, 0.15) is 53.7 Å². The number of fused-ring (bicyclic) bond motifs is 1. The molecule has 0 aliphatic carbocycles. The average Bonchev–Trinajstić information content (AvgIpc) is 3.24. The van der Waals surface area contributed by atoms with Gasteiger partial charge in [0.1, 0.15) is 16.5 Å². The third-order valence-electron chi connectivity index (χ3n) is 6.01.